The fourth-order valence-corrected chi connectivity index (χ4v) is 4.34. The minimum absolute atomic E-state index is 0. The maximum atomic E-state index is 10.9. The van der Waals surface area contributed by atoms with Crippen LogP contribution in [0.3, 0.4) is 0 Å². The quantitative estimate of drug-likeness (QED) is 0.527. The van der Waals surface area contributed by atoms with Gasteiger partial charge in [0.15, 0.2) is 0 Å². The Kier molecular flexibility index (Phi) is 7.86. The Morgan fingerprint density at radius 1 is 1.00 bits per heavy atom. The van der Waals surface area contributed by atoms with Gasteiger partial charge < -0.3 is 21.0 Å². The van der Waals surface area contributed by atoms with E-state index in [0.717, 1.165) is 54.0 Å². The van der Waals surface area contributed by atoms with E-state index in [9.17, 15) is 4.79 Å². The molecule has 1 saturated carbocycles. The minimum atomic E-state index is -0.752. The number of hydrogen-bond donors (Lipinski definition) is 2. The molecule has 168 valence electrons. The Hall–Kier alpha value is -2.19. The summed E-state index contributed by atoms with van der Waals surface area (Å²) in [5, 5.41) is 20.4. The molecule has 1 aliphatic heterocycles. The normalized spacial score (nSPS) is 20.5. The molecule has 7 nitrogen and oxygen atoms in total. The summed E-state index contributed by atoms with van der Waals surface area (Å²) >= 11 is 0. The first kappa shape index (κ1) is 24.0. The molecule has 8 heteroatoms. The molecule has 1 aliphatic carbocycles. The van der Waals surface area contributed by atoms with Gasteiger partial charge in [-0.05, 0) is 60.4 Å². The van der Waals surface area contributed by atoms with Crippen molar-refractivity contribution in [1.82, 2.24) is 10.2 Å². The second-order valence-corrected chi connectivity index (χ2v) is 8.76. The fraction of sp³-hybridized carbons (Fsp3) is 0.400. The summed E-state index contributed by atoms with van der Waals surface area (Å²) in [6.07, 6.45) is 5.47. The minimum Gasteiger partial charge on any atom is -1.00 e. The first-order valence-electron chi connectivity index (χ1n) is 11.3. The SMILES string of the molecule is O=C(O)CC1CCC(c2ccc(-c3ccc(Nc4nnc(C5CCC5)o4)cc3)cc2)OC1.[H-].[Na+]. The van der Waals surface area contributed by atoms with Gasteiger partial charge in [-0.15, -0.1) is 5.10 Å². The molecular weight excluding hydrogens is 429 g/mol. The van der Waals surface area contributed by atoms with E-state index in [2.05, 4.69) is 51.9 Å². The summed E-state index contributed by atoms with van der Waals surface area (Å²) in [6.45, 7) is 0.509. The number of carboxylic acids is 1. The Morgan fingerprint density at radius 2 is 1.70 bits per heavy atom. The van der Waals surface area contributed by atoms with Crippen molar-refractivity contribution >= 4 is 17.7 Å². The van der Waals surface area contributed by atoms with Crippen LogP contribution in [-0.4, -0.2) is 27.9 Å². The Labute approximate surface area is 216 Å². The number of hydrogen-bond acceptors (Lipinski definition) is 6. The number of aromatic nitrogens is 2. The summed E-state index contributed by atoms with van der Waals surface area (Å²) in [5.74, 6) is 0.522. The number of anilines is 2. The smallest absolute Gasteiger partial charge is 1.00 e. The predicted octanol–water partition coefficient (Wildman–Crippen LogP) is 2.81. The van der Waals surface area contributed by atoms with E-state index >= 15 is 0 Å². The zero-order valence-corrected chi connectivity index (χ0v) is 20.9. The molecule has 33 heavy (non-hydrogen) atoms. The molecular formula is C25H28N3NaO4. The van der Waals surface area contributed by atoms with E-state index in [1.54, 1.807) is 0 Å². The van der Waals surface area contributed by atoms with E-state index in [4.69, 9.17) is 14.3 Å². The van der Waals surface area contributed by atoms with Gasteiger partial charge in [0.1, 0.15) is 0 Å². The Morgan fingerprint density at radius 3 is 2.27 bits per heavy atom. The molecule has 0 spiro atoms. The van der Waals surface area contributed by atoms with Gasteiger partial charge in [-0.2, -0.15) is 0 Å². The first-order valence-corrected chi connectivity index (χ1v) is 11.3. The van der Waals surface area contributed by atoms with Gasteiger partial charge in [-0.1, -0.05) is 47.9 Å². The number of nitrogens with zero attached hydrogens (tertiary/aromatic N) is 2. The molecule has 5 rings (SSSR count). The van der Waals surface area contributed by atoms with Crippen molar-refractivity contribution in [1.29, 1.82) is 0 Å². The number of benzene rings is 2. The van der Waals surface area contributed by atoms with Crippen LogP contribution in [-0.2, 0) is 9.53 Å². The van der Waals surface area contributed by atoms with Gasteiger partial charge in [0, 0.05) is 11.6 Å². The molecule has 2 unspecified atom stereocenters. The van der Waals surface area contributed by atoms with Crippen LogP contribution in [0.4, 0.5) is 11.7 Å². The van der Waals surface area contributed by atoms with Crippen LogP contribution >= 0.6 is 0 Å². The number of aliphatic carboxylic acids is 1. The summed E-state index contributed by atoms with van der Waals surface area (Å²) < 4.78 is 11.7. The maximum absolute atomic E-state index is 10.9. The van der Waals surface area contributed by atoms with Crippen molar-refractivity contribution in [2.75, 3.05) is 11.9 Å². The molecule has 1 aromatic heterocycles. The number of carbonyl (C=O) groups is 1. The number of ether oxygens (including phenoxy) is 1. The summed E-state index contributed by atoms with van der Waals surface area (Å²) in [5.41, 5.74) is 4.29. The van der Waals surface area contributed by atoms with E-state index in [1.165, 1.54) is 6.42 Å². The molecule has 0 bridgehead atoms. The van der Waals surface area contributed by atoms with Crippen molar-refractivity contribution in [2.45, 2.75) is 50.5 Å². The second-order valence-electron chi connectivity index (χ2n) is 8.76. The number of rotatable bonds is 7. The van der Waals surface area contributed by atoms with Crippen LogP contribution in [0.15, 0.2) is 52.9 Å². The van der Waals surface area contributed by atoms with Gasteiger partial charge in [0.25, 0.3) is 0 Å². The standard InChI is InChI=1S/C25H27N3O4.Na.H/c29-23(30)14-16-4-13-22(31-15-16)19-7-5-17(6-8-19)18-9-11-21(12-10-18)26-25-28-27-24(32-25)20-2-1-3-20;;/h5-12,16,20,22H,1-4,13-15H2,(H,26,28)(H,29,30);;/q;+1;-1. The zero-order chi connectivity index (χ0) is 21.9. The van der Waals surface area contributed by atoms with Crippen molar-refractivity contribution < 1.29 is 50.0 Å². The summed E-state index contributed by atoms with van der Waals surface area (Å²) in [4.78, 5) is 10.9. The Balaban J connectivity index is 0.00000162. The van der Waals surface area contributed by atoms with Crippen molar-refractivity contribution in [3.05, 3.63) is 60.0 Å². The van der Waals surface area contributed by atoms with Gasteiger partial charge in [0.05, 0.1) is 19.1 Å². The average Bonchev–Trinajstić information content (AvgIpc) is 3.21. The second kappa shape index (κ2) is 10.8. The molecule has 2 heterocycles. The average molecular weight is 458 g/mol. The molecule has 2 atom stereocenters. The van der Waals surface area contributed by atoms with E-state index in [-0.39, 0.29) is 49.4 Å². The predicted molar refractivity (Wildman–Crippen MR) is 121 cm³/mol. The molecule has 2 aliphatic rings. The van der Waals surface area contributed by atoms with Gasteiger partial charge >= 0.3 is 41.5 Å². The molecule has 2 N–H and O–H groups in total. The van der Waals surface area contributed by atoms with Crippen LogP contribution in [0.1, 0.15) is 63.4 Å². The molecule has 2 aromatic carbocycles. The molecule has 2 fully saturated rings. The van der Waals surface area contributed by atoms with Crippen molar-refractivity contribution in [3.8, 4) is 11.1 Å². The number of nitrogens with one attached hydrogen (secondary N) is 1. The van der Waals surface area contributed by atoms with Crippen LogP contribution < -0.4 is 34.9 Å². The van der Waals surface area contributed by atoms with Gasteiger partial charge in [0.2, 0.25) is 5.89 Å². The summed E-state index contributed by atoms with van der Waals surface area (Å²) in [7, 11) is 0. The van der Waals surface area contributed by atoms with Crippen molar-refractivity contribution in [2.24, 2.45) is 5.92 Å². The molecule has 3 aromatic rings. The summed E-state index contributed by atoms with van der Waals surface area (Å²) in [6, 6.07) is 17.0. The topological polar surface area (TPSA) is 97.5 Å². The van der Waals surface area contributed by atoms with Crippen molar-refractivity contribution in [3.63, 3.8) is 0 Å². The first-order chi connectivity index (χ1) is 15.6. The van der Waals surface area contributed by atoms with Crippen LogP contribution in [0.5, 0.6) is 0 Å². The van der Waals surface area contributed by atoms with E-state index < -0.39 is 5.97 Å². The zero-order valence-electron chi connectivity index (χ0n) is 19.9. The van der Waals surface area contributed by atoms with Crippen LogP contribution in [0, 0.1) is 5.92 Å². The van der Waals surface area contributed by atoms with Crippen LogP contribution in [0.25, 0.3) is 11.1 Å². The maximum Gasteiger partial charge on any atom is 1.00 e. The molecule has 0 amide bonds. The van der Waals surface area contributed by atoms with Gasteiger partial charge in [-0.3, -0.25) is 4.79 Å². The molecule has 1 saturated heterocycles. The largest absolute Gasteiger partial charge is 1.00 e. The van der Waals surface area contributed by atoms with E-state index in [0.29, 0.717) is 18.5 Å². The number of carboxylic acid groups (broad SMARTS) is 1. The third-order valence-corrected chi connectivity index (χ3v) is 6.48. The van der Waals surface area contributed by atoms with E-state index in [1.807, 2.05) is 12.1 Å². The fourth-order valence-electron chi connectivity index (χ4n) is 4.34. The van der Waals surface area contributed by atoms with Crippen LogP contribution in [0.2, 0.25) is 0 Å². The third-order valence-electron chi connectivity index (χ3n) is 6.48. The molecule has 0 radical (unpaired) electrons. The third kappa shape index (κ3) is 5.84. The van der Waals surface area contributed by atoms with Gasteiger partial charge in [-0.25, -0.2) is 0 Å². The Bertz CT molecular complexity index is 1060. The monoisotopic (exact) mass is 457 g/mol.